The molecule has 3 rings (SSSR count). The third-order valence-electron chi connectivity index (χ3n) is 4.99. The summed E-state index contributed by atoms with van der Waals surface area (Å²) in [6, 6.07) is 11.5. The van der Waals surface area contributed by atoms with Crippen LogP contribution in [0.5, 0.6) is 0 Å². The van der Waals surface area contributed by atoms with E-state index in [0.29, 0.717) is 5.69 Å². The van der Waals surface area contributed by atoms with Crippen LogP contribution in [0, 0.1) is 10.1 Å². The first-order valence-electron chi connectivity index (χ1n) is 9.49. The van der Waals surface area contributed by atoms with E-state index >= 15 is 0 Å². The van der Waals surface area contributed by atoms with Crippen molar-refractivity contribution < 1.29 is 9.72 Å². The van der Waals surface area contributed by atoms with Crippen LogP contribution in [0.4, 0.5) is 11.4 Å². The first kappa shape index (κ1) is 20.8. The Bertz CT molecular complexity index is 1040. The smallest absolute Gasteiger partial charge is 0.270 e. The van der Waals surface area contributed by atoms with Crippen molar-refractivity contribution in [3.63, 3.8) is 0 Å². The number of anilines is 1. The van der Waals surface area contributed by atoms with Crippen LogP contribution in [0.1, 0.15) is 24.2 Å². The number of benzene rings is 2. The number of aromatic nitrogens is 1. The molecule has 0 atom stereocenters. The van der Waals surface area contributed by atoms with E-state index in [1.54, 1.807) is 0 Å². The number of hydrogen-bond donors (Lipinski definition) is 1. The van der Waals surface area contributed by atoms with E-state index in [4.69, 9.17) is 11.6 Å². The Morgan fingerprint density at radius 1 is 1.17 bits per heavy atom. The Hall–Kier alpha value is -2.90. The van der Waals surface area contributed by atoms with Crippen molar-refractivity contribution in [3.05, 3.63) is 69.4 Å². The molecule has 0 saturated carbocycles. The van der Waals surface area contributed by atoms with Gasteiger partial charge >= 0.3 is 0 Å². The molecule has 0 aliphatic rings. The molecule has 8 heteroatoms. The molecule has 0 saturated heterocycles. The average Bonchev–Trinajstić information content (AvgIpc) is 3.11. The zero-order valence-corrected chi connectivity index (χ0v) is 17.1. The van der Waals surface area contributed by atoms with Crippen LogP contribution in [-0.4, -0.2) is 39.9 Å². The number of carbonyl (C=O) groups excluding carboxylic acids is 1. The lowest BCUT2D eigenvalue weighted by Crippen LogP contribution is -2.26. The lowest BCUT2D eigenvalue weighted by atomic mass is 10.1. The second kappa shape index (κ2) is 9.07. The summed E-state index contributed by atoms with van der Waals surface area (Å²) in [4.78, 5) is 25.3. The fraction of sp³-hybridized carbons (Fsp3) is 0.286. The molecule has 1 heterocycles. The zero-order chi connectivity index (χ0) is 21.0. The highest BCUT2D eigenvalue weighted by Crippen LogP contribution is 2.25. The highest BCUT2D eigenvalue weighted by atomic mass is 35.5. The molecule has 1 N–H and O–H groups in total. The van der Waals surface area contributed by atoms with Gasteiger partial charge in [-0.05, 0) is 43.4 Å². The fourth-order valence-electron chi connectivity index (χ4n) is 3.26. The second-order valence-electron chi connectivity index (χ2n) is 6.68. The summed E-state index contributed by atoms with van der Waals surface area (Å²) in [5.74, 6) is -0.487. The monoisotopic (exact) mass is 414 g/mol. The zero-order valence-electron chi connectivity index (χ0n) is 16.4. The van der Waals surface area contributed by atoms with Gasteiger partial charge in [0.1, 0.15) is 0 Å². The molecule has 0 bridgehead atoms. The third-order valence-corrected chi connectivity index (χ3v) is 5.32. The van der Waals surface area contributed by atoms with Gasteiger partial charge in [0, 0.05) is 48.0 Å². The highest BCUT2D eigenvalue weighted by Gasteiger charge is 2.16. The van der Waals surface area contributed by atoms with Crippen LogP contribution in [-0.2, 0) is 6.54 Å². The Balaban J connectivity index is 1.77. The number of amides is 1. The van der Waals surface area contributed by atoms with Crippen LogP contribution in [0.25, 0.3) is 10.9 Å². The van der Waals surface area contributed by atoms with E-state index in [1.165, 1.54) is 18.2 Å². The summed E-state index contributed by atoms with van der Waals surface area (Å²) in [6.45, 7) is 8.21. The summed E-state index contributed by atoms with van der Waals surface area (Å²) in [7, 11) is 0. The van der Waals surface area contributed by atoms with Crippen molar-refractivity contribution in [1.82, 2.24) is 9.47 Å². The number of nitro groups is 1. The maximum atomic E-state index is 12.6. The molecule has 3 aromatic rings. The molecule has 0 spiro atoms. The molecule has 29 heavy (non-hydrogen) atoms. The normalized spacial score (nSPS) is 11.2. The minimum Gasteiger partial charge on any atom is -0.346 e. The van der Waals surface area contributed by atoms with Crippen LogP contribution < -0.4 is 5.32 Å². The van der Waals surface area contributed by atoms with Crippen molar-refractivity contribution in [2.75, 3.05) is 25.0 Å². The van der Waals surface area contributed by atoms with Gasteiger partial charge in [-0.2, -0.15) is 0 Å². The molecule has 0 aliphatic heterocycles. The van der Waals surface area contributed by atoms with Crippen molar-refractivity contribution >= 4 is 39.8 Å². The highest BCUT2D eigenvalue weighted by molar-refractivity contribution is 6.34. The van der Waals surface area contributed by atoms with Gasteiger partial charge in [-0.1, -0.05) is 25.4 Å². The summed E-state index contributed by atoms with van der Waals surface area (Å²) < 4.78 is 2.19. The number of nitrogens with zero attached hydrogens (tertiary/aromatic N) is 3. The number of likely N-dealkylation sites (N-methyl/N-ethyl adjacent to an activating group) is 1. The molecule has 152 valence electrons. The Kier molecular flexibility index (Phi) is 6.51. The number of non-ortho nitro benzene ring substituents is 1. The number of nitrogens with one attached hydrogen (secondary N) is 1. The van der Waals surface area contributed by atoms with Crippen LogP contribution in [0.15, 0.2) is 48.7 Å². The Labute approximate surface area is 174 Å². The maximum absolute atomic E-state index is 12.6. The Morgan fingerprint density at radius 2 is 1.93 bits per heavy atom. The minimum atomic E-state index is -0.555. The van der Waals surface area contributed by atoms with Gasteiger partial charge in [-0.3, -0.25) is 14.9 Å². The van der Waals surface area contributed by atoms with E-state index in [9.17, 15) is 14.9 Å². The molecule has 1 aromatic heterocycles. The molecule has 2 aromatic carbocycles. The molecule has 7 nitrogen and oxygen atoms in total. The van der Waals surface area contributed by atoms with Crippen molar-refractivity contribution in [2.45, 2.75) is 20.4 Å². The fourth-order valence-corrected chi connectivity index (χ4v) is 3.46. The standard InChI is InChI=1S/C21H23ClN4O3/c1-3-24(4-2)11-12-25-10-9-15-13-16(5-8-20(15)25)23-21(27)18-14-17(26(28)29)6-7-19(18)22/h5-10,13-14H,3-4,11-12H2,1-2H3,(H,23,27). The van der Waals surface area contributed by atoms with Crippen molar-refractivity contribution in [2.24, 2.45) is 0 Å². The molecular formula is C21H23ClN4O3. The van der Waals surface area contributed by atoms with E-state index in [-0.39, 0.29) is 16.3 Å². The average molecular weight is 415 g/mol. The first-order chi connectivity index (χ1) is 13.9. The largest absolute Gasteiger partial charge is 0.346 e. The SMILES string of the molecule is CCN(CC)CCn1ccc2cc(NC(=O)c3cc([N+](=O)[O-])ccc3Cl)ccc21. The summed E-state index contributed by atoms with van der Waals surface area (Å²) in [6.07, 6.45) is 2.04. The number of rotatable bonds is 8. The predicted octanol–water partition coefficient (Wildman–Crippen LogP) is 4.80. The van der Waals surface area contributed by atoms with Gasteiger partial charge in [-0.25, -0.2) is 0 Å². The van der Waals surface area contributed by atoms with Crippen LogP contribution in [0.2, 0.25) is 5.02 Å². The molecular weight excluding hydrogens is 392 g/mol. The third kappa shape index (κ3) is 4.75. The number of fused-ring (bicyclic) bond motifs is 1. The van der Waals surface area contributed by atoms with E-state index in [1.807, 2.05) is 30.5 Å². The quantitative estimate of drug-likeness (QED) is 0.424. The van der Waals surface area contributed by atoms with Gasteiger partial charge in [0.05, 0.1) is 15.5 Å². The topological polar surface area (TPSA) is 80.4 Å². The van der Waals surface area contributed by atoms with Gasteiger partial charge in [-0.15, -0.1) is 0 Å². The van der Waals surface area contributed by atoms with E-state index < -0.39 is 10.8 Å². The van der Waals surface area contributed by atoms with E-state index in [2.05, 4.69) is 28.6 Å². The minimum absolute atomic E-state index is 0.0674. The van der Waals surface area contributed by atoms with E-state index in [0.717, 1.165) is 37.1 Å². The number of hydrogen-bond acceptors (Lipinski definition) is 4. The predicted molar refractivity (Wildman–Crippen MR) is 116 cm³/mol. The summed E-state index contributed by atoms with van der Waals surface area (Å²) in [5.41, 5.74) is 1.58. The molecule has 0 unspecified atom stereocenters. The number of nitro benzene ring substituents is 1. The van der Waals surface area contributed by atoms with Crippen molar-refractivity contribution in [3.8, 4) is 0 Å². The molecule has 0 radical (unpaired) electrons. The van der Waals surface area contributed by atoms with Gasteiger partial charge < -0.3 is 14.8 Å². The van der Waals surface area contributed by atoms with Gasteiger partial charge in [0.15, 0.2) is 0 Å². The molecule has 0 aliphatic carbocycles. The number of halogens is 1. The van der Waals surface area contributed by atoms with Gasteiger partial charge in [0.25, 0.3) is 11.6 Å². The lowest BCUT2D eigenvalue weighted by Gasteiger charge is -2.18. The number of carbonyl (C=O) groups is 1. The molecule has 0 fully saturated rings. The summed E-state index contributed by atoms with van der Waals surface area (Å²) in [5, 5.41) is 14.9. The Morgan fingerprint density at radius 3 is 2.62 bits per heavy atom. The maximum Gasteiger partial charge on any atom is 0.270 e. The lowest BCUT2D eigenvalue weighted by molar-refractivity contribution is -0.384. The van der Waals surface area contributed by atoms with Gasteiger partial charge in [0.2, 0.25) is 0 Å². The van der Waals surface area contributed by atoms with Crippen LogP contribution >= 0.6 is 11.6 Å². The van der Waals surface area contributed by atoms with Crippen molar-refractivity contribution in [1.29, 1.82) is 0 Å². The van der Waals surface area contributed by atoms with Crippen LogP contribution in [0.3, 0.4) is 0 Å². The molecule has 1 amide bonds. The second-order valence-corrected chi connectivity index (χ2v) is 7.09. The summed E-state index contributed by atoms with van der Waals surface area (Å²) >= 11 is 6.05. The first-order valence-corrected chi connectivity index (χ1v) is 9.87.